The molecule has 0 radical (unpaired) electrons. The first-order chi connectivity index (χ1) is 7.99. The van der Waals surface area contributed by atoms with Crippen molar-refractivity contribution in [2.24, 2.45) is 5.73 Å². The van der Waals surface area contributed by atoms with Crippen LogP contribution in [0.2, 0.25) is 0 Å². The highest BCUT2D eigenvalue weighted by atomic mass is 32.2. The Morgan fingerprint density at radius 1 is 1.53 bits per heavy atom. The summed E-state index contributed by atoms with van der Waals surface area (Å²) in [5.74, 6) is 1.77. The van der Waals surface area contributed by atoms with E-state index in [1.807, 2.05) is 6.92 Å². The van der Waals surface area contributed by atoms with Gasteiger partial charge in [-0.05, 0) is 24.8 Å². The van der Waals surface area contributed by atoms with E-state index < -0.39 is 10.0 Å². The van der Waals surface area contributed by atoms with Crippen LogP contribution in [-0.2, 0) is 16.6 Å². The van der Waals surface area contributed by atoms with Crippen molar-refractivity contribution in [1.82, 2.24) is 4.72 Å². The number of hydrogen-bond donors (Lipinski definition) is 2. The van der Waals surface area contributed by atoms with Gasteiger partial charge in [0, 0.05) is 23.2 Å². The molecule has 1 unspecified atom stereocenters. The summed E-state index contributed by atoms with van der Waals surface area (Å²) in [5.41, 5.74) is 5.47. The predicted octanol–water partition coefficient (Wildman–Crippen LogP) is 1.63. The van der Waals surface area contributed by atoms with Crippen molar-refractivity contribution in [2.75, 3.05) is 11.5 Å². The summed E-state index contributed by atoms with van der Waals surface area (Å²) in [6, 6.07) is 3.30. The van der Waals surface area contributed by atoms with Gasteiger partial charge in [0.2, 0.25) is 10.0 Å². The molecule has 0 aromatic carbocycles. The van der Waals surface area contributed by atoms with E-state index in [4.69, 9.17) is 5.73 Å². The molecule has 7 heteroatoms. The van der Waals surface area contributed by atoms with E-state index in [2.05, 4.69) is 11.6 Å². The smallest absolute Gasteiger partial charge is 0.250 e. The fourth-order valence-corrected chi connectivity index (χ4v) is 4.54. The summed E-state index contributed by atoms with van der Waals surface area (Å²) < 4.78 is 27.0. The highest BCUT2D eigenvalue weighted by molar-refractivity contribution is 7.99. The molecular formula is C10H18N2O2S3. The maximum atomic E-state index is 12.0. The second-order valence-corrected chi connectivity index (χ2v) is 8.03. The minimum atomic E-state index is -3.38. The number of hydrogen-bond acceptors (Lipinski definition) is 5. The molecule has 1 rings (SSSR count). The van der Waals surface area contributed by atoms with Crippen molar-refractivity contribution >= 4 is 33.1 Å². The number of nitrogens with two attached hydrogens (primary N) is 1. The third-order valence-corrected chi connectivity index (χ3v) is 6.36. The van der Waals surface area contributed by atoms with Crippen LogP contribution in [0.4, 0.5) is 0 Å². The number of thiophene rings is 1. The quantitative estimate of drug-likeness (QED) is 0.801. The van der Waals surface area contributed by atoms with Gasteiger partial charge in [-0.15, -0.1) is 11.3 Å². The minimum Gasteiger partial charge on any atom is -0.326 e. The standard InChI is InChI=1S/C10H18N2O2S3/c1-3-15-7-8(2)12-17(13,14)10-5-4-9(6-11)16-10/h4-5,8,12H,3,6-7,11H2,1-2H3. The lowest BCUT2D eigenvalue weighted by atomic mass is 10.4. The first kappa shape index (κ1) is 15.0. The van der Waals surface area contributed by atoms with Gasteiger partial charge >= 0.3 is 0 Å². The molecular weight excluding hydrogens is 276 g/mol. The topological polar surface area (TPSA) is 72.2 Å². The molecule has 1 aromatic heterocycles. The monoisotopic (exact) mass is 294 g/mol. The zero-order valence-corrected chi connectivity index (χ0v) is 12.4. The normalized spacial score (nSPS) is 13.8. The lowest BCUT2D eigenvalue weighted by Crippen LogP contribution is -2.33. The third kappa shape index (κ3) is 4.59. The number of thioether (sulfide) groups is 1. The maximum absolute atomic E-state index is 12.0. The van der Waals surface area contributed by atoms with E-state index >= 15 is 0 Å². The third-order valence-electron chi connectivity index (χ3n) is 2.03. The largest absolute Gasteiger partial charge is 0.326 e. The van der Waals surface area contributed by atoms with E-state index in [0.717, 1.165) is 16.4 Å². The molecule has 0 saturated heterocycles. The minimum absolute atomic E-state index is 0.0617. The average molecular weight is 294 g/mol. The molecule has 0 spiro atoms. The fourth-order valence-electron chi connectivity index (χ4n) is 1.26. The summed E-state index contributed by atoms with van der Waals surface area (Å²) in [7, 11) is -3.38. The van der Waals surface area contributed by atoms with Crippen molar-refractivity contribution in [1.29, 1.82) is 0 Å². The Morgan fingerprint density at radius 2 is 2.24 bits per heavy atom. The molecule has 0 saturated carbocycles. The van der Waals surface area contributed by atoms with Gasteiger partial charge in [0.05, 0.1) is 0 Å². The van der Waals surface area contributed by atoms with E-state index in [1.165, 1.54) is 11.3 Å². The highest BCUT2D eigenvalue weighted by Crippen LogP contribution is 2.21. The predicted molar refractivity (Wildman–Crippen MR) is 75.0 cm³/mol. The highest BCUT2D eigenvalue weighted by Gasteiger charge is 2.19. The van der Waals surface area contributed by atoms with Crippen LogP contribution in [0.1, 0.15) is 18.7 Å². The summed E-state index contributed by atoms with van der Waals surface area (Å²) in [5, 5.41) is 0. The van der Waals surface area contributed by atoms with Gasteiger partial charge < -0.3 is 5.73 Å². The summed E-state index contributed by atoms with van der Waals surface area (Å²) >= 11 is 2.94. The molecule has 0 bridgehead atoms. The molecule has 3 N–H and O–H groups in total. The Labute approximate surface area is 111 Å². The van der Waals surface area contributed by atoms with Gasteiger partial charge in [-0.2, -0.15) is 11.8 Å². The summed E-state index contributed by atoms with van der Waals surface area (Å²) in [6.45, 7) is 4.30. The fraction of sp³-hybridized carbons (Fsp3) is 0.600. The Balaban J connectivity index is 2.68. The van der Waals surface area contributed by atoms with Gasteiger partial charge in [0.15, 0.2) is 0 Å². The van der Waals surface area contributed by atoms with Crippen LogP contribution in [0.15, 0.2) is 16.3 Å². The van der Waals surface area contributed by atoms with Crippen LogP contribution in [0.5, 0.6) is 0 Å². The van der Waals surface area contributed by atoms with Gasteiger partial charge in [0.25, 0.3) is 0 Å². The second kappa shape index (κ2) is 6.75. The van der Waals surface area contributed by atoms with Crippen molar-refractivity contribution in [3.8, 4) is 0 Å². The zero-order valence-electron chi connectivity index (χ0n) is 9.97. The number of rotatable bonds is 7. The molecule has 0 fully saturated rings. The van der Waals surface area contributed by atoms with E-state index in [1.54, 1.807) is 23.9 Å². The van der Waals surface area contributed by atoms with Gasteiger partial charge in [-0.25, -0.2) is 13.1 Å². The molecule has 1 heterocycles. The van der Waals surface area contributed by atoms with Crippen molar-refractivity contribution in [3.05, 3.63) is 17.0 Å². The van der Waals surface area contributed by atoms with Crippen molar-refractivity contribution in [2.45, 2.75) is 30.6 Å². The first-order valence-electron chi connectivity index (χ1n) is 5.38. The lowest BCUT2D eigenvalue weighted by Gasteiger charge is -2.12. The second-order valence-electron chi connectivity index (χ2n) is 3.61. The number of nitrogens with one attached hydrogen (secondary N) is 1. The van der Waals surface area contributed by atoms with E-state index in [0.29, 0.717) is 10.8 Å². The van der Waals surface area contributed by atoms with Crippen LogP contribution < -0.4 is 10.5 Å². The Morgan fingerprint density at radius 3 is 2.76 bits per heavy atom. The van der Waals surface area contributed by atoms with Crippen LogP contribution in [0.25, 0.3) is 0 Å². The molecule has 17 heavy (non-hydrogen) atoms. The molecule has 1 aromatic rings. The van der Waals surface area contributed by atoms with E-state index in [9.17, 15) is 8.42 Å². The summed E-state index contributed by atoms with van der Waals surface area (Å²) in [6.07, 6.45) is 0. The van der Waals surface area contributed by atoms with Crippen LogP contribution in [0.3, 0.4) is 0 Å². The van der Waals surface area contributed by atoms with Gasteiger partial charge in [-0.1, -0.05) is 6.92 Å². The van der Waals surface area contributed by atoms with Gasteiger partial charge in [0.1, 0.15) is 4.21 Å². The molecule has 0 aliphatic heterocycles. The van der Waals surface area contributed by atoms with Gasteiger partial charge in [-0.3, -0.25) is 0 Å². The lowest BCUT2D eigenvalue weighted by molar-refractivity contribution is 0.573. The number of sulfonamides is 1. The molecule has 98 valence electrons. The zero-order chi connectivity index (χ0) is 12.9. The molecule has 0 amide bonds. The van der Waals surface area contributed by atoms with E-state index in [-0.39, 0.29) is 6.04 Å². The molecule has 1 atom stereocenters. The Kier molecular flexibility index (Phi) is 5.94. The molecule has 0 aliphatic rings. The SMILES string of the molecule is CCSCC(C)NS(=O)(=O)c1ccc(CN)s1. The molecule has 4 nitrogen and oxygen atoms in total. The molecule has 0 aliphatic carbocycles. The maximum Gasteiger partial charge on any atom is 0.250 e. The first-order valence-corrected chi connectivity index (χ1v) is 8.84. The summed E-state index contributed by atoms with van der Waals surface area (Å²) in [4.78, 5) is 0.876. The van der Waals surface area contributed by atoms with Crippen molar-refractivity contribution in [3.63, 3.8) is 0 Å². The Hall–Kier alpha value is -0.0800. The van der Waals surface area contributed by atoms with Crippen LogP contribution in [-0.4, -0.2) is 26.0 Å². The van der Waals surface area contributed by atoms with Crippen LogP contribution >= 0.6 is 23.1 Å². The van der Waals surface area contributed by atoms with Crippen molar-refractivity contribution < 1.29 is 8.42 Å². The average Bonchev–Trinajstić information content (AvgIpc) is 2.75. The Bertz CT molecular complexity index is 442. The van der Waals surface area contributed by atoms with Crippen LogP contribution in [0, 0.1) is 0 Å².